The number of allylic oxidation sites excluding steroid dienone is 2. The number of alkyl halides is 4. The van der Waals surface area contributed by atoms with Gasteiger partial charge in [-0.05, 0) is 31.1 Å². The molecular weight excluding hydrogens is 567 g/mol. The number of hydrogen-bond donors (Lipinski definition) is 0. The summed E-state index contributed by atoms with van der Waals surface area (Å²) in [6, 6.07) is 0. The van der Waals surface area contributed by atoms with Crippen LogP contribution in [0.1, 0.15) is 96.8 Å². The molecule has 0 aliphatic heterocycles. The molecular formula is C27H41Cl6NO. The van der Waals surface area contributed by atoms with E-state index < -0.39 is 14.1 Å². The number of halogens is 6. The van der Waals surface area contributed by atoms with E-state index >= 15 is 0 Å². The highest BCUT2D eigenvalue weighted by Gasteiger charge is 2.81. The molecule has 2 aliphatic rings. The van der Waals surface area contributed by atoms with E-state index in [4.69, 9.17) is 69.6 Å². The van der Waals surface area contributed by atoms with Gasteiger partial charge >= 0.3 is 0 Å². The van der Waals surface area contributed by atoms with Gasteiger partial charge in [-0.2, -0.15) is 0 Å². The topological polar surface area (TPSA) is 20.3 Å². The molecule has 4 unspecified atom stereocenters. The van der Waals surface area contributed by atoms with Crippen LogP contribution in [0.25, 0.3) is 0 Å². The molecule has 2 rings (SSSR count). The fourth-order valence-corrected chi connectivity index (χ4v) is 8.96. The number of carbonyl (C=O) groups excluding carboxylic acids is 1. The predicted molar refractivity (Wildman–Crippen MR) is 155 cm³/mol. The lowest BCUT2D eigenvalue weighted by Gasteiger charge is -2.37. The number of rotatable bonds is 17. The first-order valence-corrected chi connectivity index (χ1v) is 15.4. The zero-order valence-electron chi connectivity index (χ0n) is 21.2. The van der Waals surface area contributed by atoms with Crippen LogP contribution in [0.2, 0.25) is 0 Å². The number of fused-ring (bicyclic) bond motifs is 2. The van der Waals surface area contributed by atoms with Gasteiger partial charge in [0.15, 0.2) is 4.33 Å². The maximum Gasteiger partial charge on any atom is 0.222 e. The first kappa shape index (κ1) is 31.9. The first-order valence-electron chi connectivity index (χ1n) is 13.2. The monoisotopic (exact) mass is 605 g/mol. The summed E-state index contributed by atoms with van der Waals surface area (Å²) in [6.45, 7) is 6.49. The van der Waals surface area contributed by atoms with Gasteiger partial charge in [0.1, 0.15) is 9.75 Å². The number of likely N-dealkylation sites (N-methyl/N-ethyl adjacent to an activating group) is 1. The third-order valence-corrected chi connectivity index (χ3v) is 12.2. The molecule has 0 aromatic rings. The molecule has 35 heavy (non-hydrogen) atoms. The molecule has 1 fully saturated rings. The molecule has 0 radical (unpaired) electrons. The maximum absolute atomic E-state index is 12.0. The van der Waals surface area contributed by atoms with E-state index in [0.29, 0.717) is 23.0 Å². The van der Waals surface area contributed by atoms with Gasteiger partial charge in [0, 0.05) is 20.0 Å². The van der Waals surface area contributed by atoms with E-state index in [2.05, 4.69) is 13.5 Å². The van der Waals surface area contributed by atoms with Crippen LogP contribution >= 0.6 is 69.6 Å². The fraction of sp³-hybridized carbons (Fsp3) is 0.815. The minimum absolute atomic E-state index is 0.0177. The minimum Gasteiger partial charge on any atom is -0.342 e. The third-order valence-electron chi connectivity index (χ3n) is 7.86. The Labute approximate surface area is 243 Å². The Morgan fingerprint density at radius 1 is 0.829 bits per heavy atom. The zero-order chi connectivity index (χ0) is 26.3. The lowest BCUT2D eigenvalue weighted by molar-refractivity contribution is -0.129. The Hall–Kier alpha value is 0.690. The van der Waals surface area contributed by atoms with E-state index in [9.17, 15) is 4.79 Å². The highest BCUT2D eigenvalue weighted by molar-refractivity contribution is 6.65. The second-order valence-corrected chi connectivity index (χ2v) is 13.5. The van der Waals surface area contributed by atoms with E-state index in [1.807, 2.05) is 7.05 Å². The van der Waals surface area contributed by atoms with Gasteiger partial charge < -0.3 is 4.90 Å². The Kier molecular flexibility index (Phi) is 12.9. The second kappa shape index (κ2) is 14.2. The molecule has 0 heterocycles. The fourth-order valence-electron chi connectivity index (χ4n) is 5.81. The Balaban J connectivity index is 1.91. The summed E-state index contributed by atoms with van der Waals surface area (Å²) >= 11 is 41.3. The van der Waals surface area contributed by atoms with Gasteiger partial charge in [0.05, 0.1) is 10.1 Å². The van der Waals surface area contributed by atoms with Crippen molar-refractivity contribution in [1.82, 2.24) is 4.90 Å². The van der Waals surface area contributed by atoms with Gasteiger partial charge in [0.25, 0.3) is 0 Å². The lowest BCUT2D eigenvalue weighted by atomic mass is 9.76. The van der Waals surface area contributed by atoms with Gasteiger partial charge in [-0.15, -0.1) is 29.8 Å². The van der Waals surface area contributed by atoms with Crippen molar-refractivity contribution in [3.63, 3.8) is 0 Å². The van der Waals surface area contributed by atoms with Gasteiger partial charge in [-0.1, -0.05) is 124 Å². The normalized spacial score (nSPS) is 29.1. The average molecular weight is 608 g/mol. The van der Waals surface area contributed by atoms with E-state index in [1.54, 1.807) is 11.0 Å². The second-order valence-electron chi connectivity index (χ2n) is 10.3. The summed E-state index contributed by atoms with van der Waals surface area (Å²) in [4.78, 5) is 11.4. The molecule has 4 atom stereocenters. The van der Waals surface area contributed by atoms with Crippen molar-refractivity contribution in [3.05, 3.63) is 22.7 Å². The Morgan fingerprint density at radius 2 is 1.26 bits per heavy atom. The van der Waals surface area contributed by atoms with Crippen LogP contribution < -0.4 is 0 Å². The average Bonchev–Trinajstić information content (AvgIpc) is 3.01. The van der Waals surface area contributed by atoms with Crippen LogP contribution in [-0.4, -0.2) is 38.5 Å². The van der Waals surface area contributed by atoms with E-state index in [0.717, 1.165) is 57.8 Å². The van der Waals surface area contributed by atoms with Crippen LogP contribution in [-0.2, 0) is 4.79 Å². The Morgan fingerprint density at radius 3 is 1.71 bits per heavy atom. The zero-order valence-corrected chi connectivity index (χ0v) is 25.7. The van der Waals surface area contributed by atoms with Crippen molar-refractivity contribution >= 4 is 75.5 Å². The number of carbonyl (C=O) groups is 1. The molecule has 0 aromatic carbocycles. The molecule has 1 saturated carbocycles. The molecule has 202 valence electrons. The smallest absolute Gasteiger partial charge is 0.222 e. The summed E-state index contributed by atoms with van der Waals surface area (Å²) in [7, 11) is 1.81. The minimum atomic E-state index is -1.45. The van der Waals surface area contributed by atoms with Crippen molar-refractivity contribution < 1.29 is 4.79 Å². The van der Waals surface area contributed by atoms with Crippen molar-refractivity contribution in [2.75, 3.05) is 13.6 Å². The largest absolute Gasteiger partial charge is 0.342 e. The highest BCUT2D eigenvalue weighted by Crippen LogP contribution is 2.77. The lowest BCUT2D eigenvalue weighted by Crippen LogP contribution is -2.44. The molecule has 0 aromatic heterocycles. The Bertz CT molecular complexity index is 756. The maximum atomic E-state index is 12.0. The van der Waals surface area contributed by atoms with Gasteiger partial charge in [-0.3, -0.25) is 4.79 Å². The van der Waals surface area contributed by atoms with Crippen LogP contribution in [0.3, 0.4) is 0 Å². The van der Waals surface area contributed by atoms with Gasteiger partial charge in [-0.25, -0.2) is 0 Å². The molecule has 8 heteroatoms. The number of hydrogen-bond acceptors (Lipinski definition) is 1. The van der Waals surface area contributed by atoms with Crippen molar-refractivity contribution in [3.8, 4) is 0 Å². The quantitative estimate of drug-likeness (QED) is 0.0915. The molecule has 0 spiro atoms. The SMILES string of the molecule is C=CCN(C)C(=O)CCCCCCCC1C(CCCCCCCC)C2(Cl)C(Cl)=C(Cl)C1(Cl)C2(Cl)Cl. The van der Waals surface area contributed by atoms with E-state index in [1.165, 1.54) is 25.7 Å². The third kappa shape index (κ3) is 6.47. The standard InChI is InChI=1S/C27H41Cl6NO/c1-4-6-7-8-10-13-16-20-21(26(31)24(29)23(28)25(20,30)27(26,32)33)17-14-11-9-12-15-18-22(35)34(3)19-5-2/h5,20-21H,2,4,6-19H2,1,3H3. The van der Waals surface area contributed by atoms with Crippen molar-refractivity contribution in [2.24, 2.45) is 11.8 Å². The number of unbranched alkanes of at least 4 members (excludes halogenated alkanes) is 9. The molecule has 2 bridgehead atoms. The number of amides is 1. The van der Waals surface area contributed by atoms with Crippen LogP contribution in [0.5, 0.6) is 0 Å². The van der Waals surface area contributed by atoms with Crippen molar-refractivity contribution in [1.29, 1.82) is 0 Å². The predicted octanol–water partition coefficient (Wildman–Crippen LogP) is 10.2. The summed E-state index contributed by atoms with van der Waals surface area (Å²) in [6.07, 6.45) is 16.2. The molecule has 0 N–H and O–H groups in total. The van der Waals surface area contributed by atoms with Crippen LogP contribution in [0.15, 0.2) is 22.7 Å². The molecule has 1 amide bonds. The summed E-state index contributed by atoms with van der Waals surface area (Å²) in [5.74, 6) is 0.118. The van der Waals surface area contributed by atoms with Gasteiger partial charge in [0.2, 0.25) is 5.91 Å². The summed E-state index contributed by atoms with van der Waals surface area (Å²) < 4.78 is -1.45. The highest BCUT2D eigenvalue weighted by atomic mass is 35.5. The van der Waals surface area contributed by atoms with Crippen LogP contribution in [0, 0.1) is 11.8 Å². The first-order chi connectivity index (χ1) is 16.5. The summed E-state index contributed by atoms with van der Waals surface area (Å²) in [5.41, 5.74) is 0. The van der Waals surface area contributed by atoms with Crippen molar-refractivity contribution in [2.45, 2.75) is 111 Å². The molecule has 2 aliphatic carbocycles. The molecule has 2 nitrogen and oxygen atoms in total. The van der Waals surface area contributed by atoms with Crippen LogP contribution in [0.4, 0.5) is 0 Å². The van der Waals surface area contributed by atoms with E-state index in [-0.39, 0.29) is 17.7 Å². The number of nitrogens with zero attached hydrogens (tertiary/aromatic N) is 1. The molecule has 0 saturated heterocycles. The summed E-state index contributed by atoms with van der Waals surface area (Å²) in [5, 5.41) is 0.631.